The monoisotopic (exact) mass is 183 g/mol. The summed E-state index contributed by atoms with van der Waals surface area (Å²) in [6.45, 7) is 9.49. The Hall–Kier alpha value is -0.890. The van der Waals surface area contributed by atoms with Gasteiger partial charge in [-0.1, -0.05) is 56.9 Å². The summed E-state index contributed by atoms with van der Waals surface area (Å²) >= 11 is 4.73. The van der Waals surface area contributed by atoms with Gasteiger partial charge in [0.25, 0.3) is 0 Å². The second kappa shape index (κ2) is 10.1. The lowest BCUT2D eigenvalue weighted by Gasteiger charge is -1.93. The van der Waals surface area contributed by atoms with E-state index in [1.807, 2.05) is 39.0 Å². The van der Waals surface area contributed by atoms with Crippen LogP contribution in [0.1, 0.15) is 20.8 Å². The number of nitrogens with two attached hydrogens (primary N) is 1. The zero-order valence-electron chi connectivity index (χ0n) is 8.00. The molecule has 0 aliphatic carbocycles. The summed E-state index contributed by atoms with van der Waals surface area (Å²) < 4.78 is 0. The van der Waals surface area contributed by atoms with Crippen molar-refractivity contribution in [2.45, 2.75) is 20.8 Å². The molecule has 2 N–H and O–H groups in total. The van der Waals surface area contributed by atoms with Crippen LogP contribution >= 0.6 is 12.2 Å². The molecule has 0 aromatic heterocycles. The molecule has 0 atom stereocenters. The van der Waals surface area contributed by atoms with Crippen molar-refractivity contribution < 1.29 is 0 Å². The number of thiocarbonyl (C=S) groups is 1. The third-order valence-electron chi connectivity index (χ3n) is 0.973. The van der Waals surface area contributed by atoms with E-state index in [-0.39, 0.29) is 0 Å². The number of hydrogen-bond acceptors (Lipinski definition) is 1. The van der Waals surface area contributed by atoms with Crippen LogP contribution in [0.2, 0.25) is 0 Å². The Kier molecular flexibility index (Phi) is 11.5. The molecule has 0 unspecified atom stereocenters. The molecule has 0 amide bonds. The first-order valence-electron chi connectivity index (χ1n) is 3.97. The van der Waals surface area contributed by atoms with Crippen LogP contribution in [0.4, 0.5) is 0 Å². The summed E-state index contributed by atoms with van der Waals surface area (Å²) in [4.78, 5) is 0.383. The molecule has 0 aromatic carbocycles. The lowest BCUT2D eigenvalue weighted by molar-refractivity contribution is 1.50. The standard InChI is InChI=1S/C8H11NS.C2H6/c1-3-5-6-7(4-2)8(9)10;1-2/h3-6H,2H2,1H3,(H2,9,10);1-2H3/b5-3-,7-6+;. The molecule has 0 spiro atoms. The Labute approximate surface area is 80.7 Å². The quantitative estimate of drug-likeness (QED) is 0.413. The van der Waals surface area contributed by atoms with Crippen LogP contribution in [0.5, 0.6) is 0 Å². The Balaban J connectivity index is 0. The van der Waals surface area contributed by atoms with Crippen molar-refractivity contribution in [3.05, 3.63) is 36.5 Å². The molecule has 0 saturated carbocycles. The van der Waals surface area contributed by atoms with Crippen molar-refractivity contribution in [1.29, 1.82) is 0 Å². The molecule has 12 heavy (non-hydrogen) atoms. The van der Waals surface area contributed by atoms with Gasteiger partial charge in [-0.3, -0.25) is 0 Å². The van der Waals surface area contributed by atoms with Crippen LogP contribution in [0.25, 0.3) is 0 Å². The van der Waals surface area contributed by atoms with E-state index in [1.165, 1.54) is 0 Å². The fourth-order valence-electron chi connectivity index (χ4n) is 0.451. The Bertz CT molecular complexity index is 190. The van der Waals surface area contributed by atoms with Gasteiger partial charge in [0, 0.05) is 5.57 Å². The third-order valence-corrected chi connectivity index (χ3v) is 1.21. The summed E-state index contributed by atoms with van der Waals surface area (Å²) in [5.41, 5.74) is 6.15. The second-order valence-corrected chi connectivity index (χ2v) is 2.16. The van der Waals surface area contributed by atoms with E-state index in [1.54, 1.807) is 6.08 Å². The molecule has 0 bridgehead atoms. The first-order chi connectivity index (χ1) is 5.72. The fraction of sp³-hybridized carbons (Fsp3) is 0.300. The topological polar surface area (TPSA) is 26.0 Å². The summed E-state index contributed by atoms with van der Waals surface area (Å²) in [6.07, 6.45) is 7.25. The van der Waals surface area contributed by atoms with Gasteiger partial charge in [-0.25, -0.2) is 0 Å². The van der Waals surface area contributed by atoms with Gasteiger partial charge in [0.15, 0.2) is 0 Å². The van der Waals surface area contributed by atoms with Gasteiger partial charge in [-0.2, -0.15) is 0 Å². The highest BCUT2D eigenvalue weighted by molar-refractivity contribution is 7.80. The molecule has 0 heterocycles. The SMILES string of the molecule is C=C/C(=C\C=C/C)C(N)=S.CC. The van der Waals surface area contributed by atoms with E-state index in [9.17, 15) is 0 Å². The van der Waals surface area contributed by atoms with Crippen molar-refractivity contribution in [1.82, 2.24) is 0 Å². The molecule has 1 nitrogen and oxygen atoms in total. The molecule has 0 aromatic rings. The molecule has 0 rings (SSSR count). The number of allylic oxidation sites excluding steroid dienone is 3. The highest BCUT2D eigenvalue weighted by Crippen LogP contribution is 1.95. The van der Waals surface area contributed by atoms with Crippen molar-refractivity contribution >= 4 is 17.2 Å². The Morgan fingerprint density at radius 1 is 1.42 bits per heavy atom. The molecule has 0 fully saturated rings. The largest absolute Gasteiger partial charge is 0.389 e. The van der Waals surface area contributed by atoms with E-state index >= 15 is 0 Å². The summed E-state index contributed by atoms with van der Waals surface area (Å²) in [5, 5.41) is 0. The van der Waals surface area contributed by atoms with E-state index in [4.69, 9.17) is 18.0 Å². The number of hydrogen-bond donors (Lipinski definition) is 1. The van der Waals surface area contributed by atoms with Crippen LogP contribution < -0.4 is 5.73 Å². The molecular formula is C10H17NS. The molecule has 0 radical (unpaired) electrons. The highest BCUT2D eigenvalue weighted by atomic mass is 32.1. The van der Waals surface area contributed by atoms with Gasteiger partial charge in [0.2, 0.25) is 0 Å². The summed E-state index contributed by atoms with van der Waals surface area (Å²) in [6, 6.07) is 0. The minimum Gasteiger partial charge on any atom is -0.389 e. The Morgan fingerprint density at radius 3 is 2.17 bits per heavy atom. The van der Waals surface area contributed by atoms with Gasteiger partial charge < -0.3 is 5.73 Å². The number of rotatable bonds is 3. The first-order valence-corrected chi connectivity index (χ1v) is 4.38. The van der Waals surface area contributed by atoms with Crippen molar-refractivity contribution in [2.75, 3.05) is 0 Å². The predicted molar refractivity (Wildman–Crippen MR) is 61.2 cm³/mol. The lowest BCUT2D eigenvalue weighted by Crippen LogP contribution is -2.08. The molecular weight excluding hydrogens is 166 g/mol. The first kappa shape index (κ1) is 13.7. The molecule has 0 aliphatic rings. The maximum absolute atomic E-state index is 5.35. The van der Waals surface area contributed by atoms with Crippen molar-refractivity contribution in [2.24, 2.45) is 5.73 Å². The van der Waals surface area contributed by atoms with Gasteiger partial charge in [-0.15, -0.1) is 0 Å². The molecule has 68 valence electrons. The van der Waals surface area contributed by atoms with Gasteiger partial charge >= 0.3 is 0 Å². The smallest absolute Gasteiger partial charge is 0.103 e. The van der Waals surface area contributed by atoms with Crippen LogP contribution in [0.15, 0.2) is 36.5 Å². The summed E-state index contributed by atoms with van der Waals surface area (Å²) in [5.74, 6) is 0. The maximum atomic E-state index is 5.35. The minimum atomic E-state index is 0.383. The fourth-order valence-corrected chi connectivity index (χ4v) is 0.602. The van der Waals surface area contributed by atoms with Crippen LogP contribution in [0, 0.1) is 0 Å². The van der Waals surface area contributed by atoms with Gasteiger partial charge in [0.05, 0.1) is 0 Å². The van der Waals surface area contributed by atoms with E-state index in [0.29, 0.717) is 4.99 Å². The average molecular weight is 183 g/mol. The zero-order valence-corrected chi connectivity index (χ0v) is 8.82. The van der Waals surface area contributed by atoms with E-state index < -0.39 is 0 Å². The minimum absolute atomic E-state index is 0.383. The van der Waals surface area contributed by atoms with Crippen LogP contribution in [-0.4, -0.2) is 4.99 Å². The van der Waals surface area contributed by atoms with Gasteiger partial charge in [-0.05, 0) is 6.92 Å². The highest BCUT2D eigenvalue weighted by Gasteiger charge is 1.89. The molecule has 2 heteroatoms. The van der Waals surface area contributed by atoms with Crippen LogP contribution in [-0.2, 0) is 0 Å². The maximum Gasteiger partial charge on any atom is 0.103 e. The van der Waals surface area contributed by atoms with Gasteiger partial charge in [0.1, 0.15) is 4.99 Å². The molecule has 0 saturated heterocycles. The van der Waals surface area contributed by atoms with Crippen LogP contribution in [0.3, 0.4) is 0 Å². The third kappa shape index (κ3) is 7.22. The molecule has 0 aliphatic heterocycles. The van der Waals surface area contributed by atoms with E-state index in [2.05, 4.69) is 6.58 Å². The Morgan fingerprint density at radius 2 is 1.92 bits per heavy atom. The average Bonchev–Trinajstić information content (AvgIpc) is 2.09. The second-order valence-electron chi connectivity index (χ2n) is 1.72. The lowest BCUT2D eigenvalue weighted by atomic mass is 10.2. The van der Waals surface area contributed by atoms with Crippen molar-refractivity contribution in [3.8, 4) is 0 Å². The summed E-state index contributed by atoms with van der Waals surface area (Å²) in [7, 11) is 0. The van der Waals surface area contributed by atoms with E-state index in [0.717, 1.165) is 5.57 Å². The zero-order chi connectivity index (χ0) is 9.98. The normalized spacial score (nSPS) is 10.4. The predicted octanol–water partition coefficient (Wildman–Crippen LogP) is 2.99. The van der Waals surface area contributed by atoms with Crippen molar-refractivity contribution in [3.63, 3.8) is 0 Å².